The van der Waals surface area contributed by atoms with Crippen LogP contribution in [0, 0.1) is 3.57 Å². The van der Waals surface area contributed by atoms with E-state index in [1.807, 2.05) is 0 Å². The van der Waals surface area contributed by atoms with Crippen molar-refractivity contribution in [2.75, 3.05) is 24.5 Å². The van der Waals surface area contributed by atoms with Gasteiger partial charge >= 0.3 is 0 Å². The fourth-order valence-electron chi connectivity index (χ4n) is 3.42. The zero-order valence-electron chi connectivity index (χ0n) is 10.8. The molecule has 0 bridgehead atoms. The van der Waals surface area contributed by atoms with Crippen LogP contribution in [0.4, 0.5) is 5.69 Å². The molecule has 3 rings (SSSR count). The minimum atomic E-state index is 0.398. The average Bonchev–Trinajstić information content (AvgIpc) is 2.72. The number of benzene rings is 1. The van der Waals surface area contributed by atoms with Crippen LogP contribution in [0.25, 0.3) is 0 Å². The second-order valence-corrected chi connectivity index (χ2v) is 6.80. The van der Waals surface area contributed by atoms with E-state index in [0.717, 1.165) is 0 Å². The lowest BCUT2D eigenvalue weighted by Crippen LogP contribution is -2.49. The van der Waals surface area contributed by atoms with E-state index in [2.05, 4.69) is 57.1 Å². The number of rotatable bonds is 1. The van der Waals surface area contributed by atoms with Crippen molar-refractivity contribution in [1.82, 2.24) is 5.32 Å². The summed E-state index contributed by atoms with van der Waals surface area (Å²) in [5.74, 6) is 0. The summed E-state index contributed by atoms with van der Waals surface area (Å²) in [5, 5.41) is 3.83. The van der Waals surface area contributed by atoms with E-state index in [4.69, 9.17) is 0 Å². The first kappa shape index (κ1) is 12.7. The SMILES string of the molecule is Ic1ccccc1N1CCCNC2(CCCC2)C1. The molecular formula is C15H21IN2. The Morgan fingerprint density at radius 3 is 2.67 bits per heavy atom. The minimum absolute atomic E-state index is 0.398. The van der Waals surface area contributed by atoms with Gasteiger partial charge in [-0.3, -0.25) is 0 Å². The molecule has 2 nitrogen and oxygen atoms in total. The highest BCUT2D eigenvalue weighted by Crippen LogP contribution is 2.34. The molecule has 98 valence electrons. The van der Waals surface area contributed by atoms with Crippen LogP contribution in [-0.4, -0.2) is 25.2 Å². The molecule has 1 N–H and O–H groups in total. The maximum atomic E-state index is 3.83. The van der Waals surface area contributed by atoms with Crippen LogP contribution >= 0.6 is 22.6 Å². The standard InChI is InChI=1S/C15H21IN2/c16-13-6-1-2-7-14(13)18-11-5-10-17-15(12-18)8-3-4-9-15/h1-2,6-7,17H,3-5,8-12H2. The third kappa shape index (κ3) is 2.52. The van der Waals surface area contributed by atoms with E-state index in [9.17, 15) is 0 Å². The van der Waals surface area contributed by atoms with E-state index < -0.39 is 0 Å². The summed E-state index contributed by atoms with van der Waals surface area (Å²) in [6, 6.07) is 8.79. The van der Waals surface area contributed by atoms with Crippen molar-refractivity contribution in [3.05, 3.63) is 27.8 Å². The van der Waals surface area contributed by atoms with E-state index in [-0.39, 0.29) is 0 Å². The fraction of sp³-hybridized carbons (Fsp3) is 0.600. The number of anilines is 1. The molecule has 0 atom stereocenters. The van der Waals surface area contributed by atoms with Crippen LogP contribution in [0.2, 0.25) is 0 Å². The Bertz CT molecular complexity index is 413. The third-order valence-corrected chi connectivity index (χ3v) is 5.26. The van der Waals surface area contributed by atoms with Crippen molar-refractivity contribution in [1.29, 1.82) is 0 Å². The summed E-state index contributed by atoms with van der Waals surface area (Å²) in [6.07, 6.45) is 6.76. The molecule has 0 unspecified atom stereocenters. The lowest BCUT2D eigenvalue weighted by Gasteiger charge is -2.34. The van der Waals surface area contributed by atoms with E-state index in [1.165, 1.54) is 61.0 Å². The van der Waals surface area contributed by atoms with Crippen molar-refractivity contribution < 1.29 is 0 Å². The monoisotopic (exact) mass is 356 g/mol. The van der Waals surface area contributed by atoms with E-state index in [0.29, 0.717) is 5.54 Å². The molecule has 1 spiro atoms. The predicted octanol–water partition coefficient (Wildman–Crippen LogP) is 3.40. The molecule has 0 amide bonds. The van der Waals surface area contributed by atoms with E-state index >= 15 is 0 Å². The molecule has 0 radical (unpaired) electrons. The largest absolute Gasteiger partial charge is 0.369 e. The average molecular weight is 356 g/mol. The smallest absolute Gasteiger partial charge is 0.0502 e. The van der Waals surface area contributed by atoms with Crippen molar-refractivity contribution in [3.63, 3.8) is 0 Å². The van der Waals surface area contributed by atoms with Gasteiger partial charge in [0.2, 0.25) is 0 Å². The Balaban J connectivity index is 1.85. The van der Waals surface area contributed by atoms with Gasteiger partial charge in [-0.05, 0) is 60.5 Å². The molecule has 2 aliphatic rings. The van der Waals surface area contributed by atoms with Crippen LogP contribution in [0.5, 0.6) is 0 Å². The predicted molar refractivity (Wildman–Crippen MR) is 85.2 cm³/mol. The molecule has 1 heterocycles. The van der Waals surface area contributed by atoms with Gasteiger partial charge in [-0.25, -0.2) is 0 Å². The molecule has 0 aromatic heterocycles. The van der Waals surface area contributed by atoms with Gasteiger partial charge in [-0.1, -0.05) is 25.0 Å². The zero-order valence-corrected chi connectivity index (χ0v) is 12.9. The van der Waals surface area contributed by atoms with Gasteiger partial charge in [0.25, 0.3) is 0 Å². The summed E-state index contributed by atoms with van der Waals surface area (Å²) < 4.78 is 1.38. The first-order valence-electron chi connectivity index (χ1n) is 7.04. The first-order valence-corrected chi connectivity index (χ1v) is 8.12. The maximum Gasteiger partial charge on any atom is 0.0502 e. The van der Waals surface area contributed by atoms with E-state index in [1.54, 1.807) is 0 Å². The summed E-state index contributed by atoms with van der Waals surface area (Å²) in [4.78, 5) is 2.60. The van der Waals surface area contributed by atoms with Crippen molar-refractivity contribution in [2.24, 2.45) is 0 Å². The van der Waals surface area contributed by atoms with Crippen LogP contribution < -0.4 is 10.2 Å². The van der Waals surface area contributed by atoms with Gasteiger partial charge in [-0.15, -0.1) is 0 Å². The molecule has 1 aromatic carbocycles. The van der Waals surface area contributed by atoms with Crippen LogP contribution in [-0.2, 0) is 0 Å². The van der Waals surface area contributed by atoms with Crippen LogP contribution in [0.1, 0.15) is 32.1 Å². The van der Waals surface area contributed by atoms with Crippen molar-refractivity contribution in [3.8, 4) is 0 Å². The summed E-state index contributed by atoms with van der Waals surface area (Å²) >= 11 is 2.46. The topological polar surface area (TPSA) is 15.3 Å². The van der Waals surface area contributed by atoms with Crippen molar-refractivity contribution >= 4 is 28.3 Å². The number of halogens is 1. The first-order chi connectivity index (χ1) is 8.79. The molecule has 1 saturated carbocycles. The molecule has 1 aliphatic carbocycles. The Labute approximate surface area is 123 Å². The Morgan fingerprint density at radius 1 is 1.11 bits per heavy atom. The zero-order chi connectivity index (χ0) is 12.4. The molecule has 18 heavy (non-hydrogen) atoms. The Morgan fingerprint density at radius 2 is 1.89 bits per heavy atom. The third-order valence-electron chi connectivity index (χ3n) is 4.35. The minimum Gasteiger partial charge on any atom is -0.369 e. The lowest BCUT2D eigenvalue weighted by atomic mass is 9.97. The van der Waals surface area contributed by atoms with Gasteiger partial charge in [0, 0.05) is 22.2 Å². The summed E-state index contributed by atoms with van der Waals surface area (Å²) in [5.41, 5.74) is 1.82. The second-order valence-electron chi connectivity index (χ2n) is 5.64. The normalized spacial score (nSPS) is 23.3. The maximum absolute atomic E-state index is 3.83. The number of nitrogens with one attached hydrogen (secondary N) is 1. The van der Waals surface area contributed by atoms with Gasteiger partial charge < -0.3 is 10.2 Å². The number of hydrogen-bond donors (Lipinski definition) is 1. The molecule has 2 fully saturated rings. The molecule has 3 heteroatoms. The second kappa shape index (κ2) is 5.37. The summed E-state index contributed by atoms with van der Waals surface area (Å²) in [7, 11) is 0. The van der Waals surface area contributed by atoms with Gasteiger partial charge in [0.05, 0.1) is 5.69 Å². The fourth-order valence-corrected chi connectivity index (χ4v) is 4.15. The van der Waals surface area contributed by atoms with Gasteiger partial charge in [-0.2, -0.15) is 0 Å². The molecule has 1 aliphatic heterocycles. The number of para-hydroxylation sites is 1. The molecular weight excluding hydrogens is 335 g/mol. The van der Waals surface area contributed by atoms with Crippen LogP contribution in [0.15, 0.2) is 24.3 Å². The lowest BCUT2D eigenvalue weighted by molar-refractivity contribution is 0.354. The van der Waals surface area contributed by atoms with Crippen molar-refractivity contribution in [2.45, 2.75) is 37.6 Å². The molecule has 1 aromatic rings. The van der Waals surface area contributed by atoms with Gasteiger partial charge in [0.1, 0.15) is 0 Å². The highest BCUT2D eigenvalue weighted by molar-refractivity contribution is 14.1. The molecule has 1 saturated heterocycles. The van der Waals surface area contributed by atoms with Crippen LogP contribution in [0.3, 0.4) is 0 Å². The Kier molecular flexibility index (Phi) is 3.80. The highest BCUT2D eigenvalue weighted by Gasteiger charge is 2.36. The van der Waals surface area contributed by atoms with Gasteiger partial charge in [0.15, 0.2) is 0 Å². The highest BCUT2D eigenvalue weighted by atomic mass is 127. The number of hydrogen-bond acceptors (Lipinski definition) is 2. The summed E-state index contributed by atoms with van der Waals surface area (Å²) in [6.45, 7) is 3.56. The Hall–Kier alpha value is -0.290. The quantitative estimate of drug-likeness (QED) is 0.776. The number of nitrogens with zero attached hydrogens (tertiary/aromatic N) is 1.